The van der Waals surface area contributed by atoms with E-state index in [2.05, 4.69) is 15.4 Å². The predicted octanol–water partition coefficient (Wildman–Crippen LogP) is 7.02. The molecule has 0 unspecified atom stereocenters. The minimum Gasteiger partial charge on any atom is -0.449 e. The summed E-state index contributed by atoms with van der Waals surface area (Å²) in [6.07, 6.45) is -2.21. The first-order valence-electron chi connectivity index (χ1n) is 17.8. The molecule has 15 heteroatoms. The molecule has 0 aliphatic heterocycles. The highest BCUT2D eigenvalue weighted by Gasteiger charge is 2.41. The molecule has 0 bridgehead atoms. The minimum absolute atomic E-state index is 0.00345. The lowest BCUT2D eigenvalue weighted by Gasteiger charge is -2.42. The van der Waals surface area contributed by atoms with Crippen molar-refractivity contribution in [2.75, 3.05) is 20.8 Å². The van der Waals surface area contributed by atoms with Crippen LogP contribution in [0.3, 0.4) is 0 Å². The van der Waals surface area contributed by atoms with Gasteiger partial charge in [0.15, 0.2) is 0 Å². The number of nitrogens with zero attached hydrogens (tertiary/aromatic N) is 1. The molecule has 2 N–H and O–H groups in total. The van der Waals surface area contributed by atoms with Crippen molar-refractivity contribution in [3.63, 3.8) is 0 Å². The molecule has 0 spiro atoms. The molecule has 0 saturated heterocycles. The number of imide groups is 1. The highest BCUT2D eigenvalue weighted by Crippen LogP contribution is 2.44. The molecule has 0 aromatic heterocycles. The van der Waals surface area contributed by atoms with Crippen LogP contribution in [0.1, 0.15) is 71.4 Å². The van der Waals surface area contributed by atoms with E-state index in [1.54, 1.807) is 32.7 Å². The van der Waals surface area contributed by atoms with Gasteiger partial charge in [0.2, 0.25) is 40.7 Å². The van der Waals surface area contributed by atoms with Gasteiger partial charge in [-0.1, -0.05) is 82.6 Å². The highest BCUT2D eigenvalue weighted by molar-refractivity contribution is 6.02. The average Bonchev–Trinajstić information content (AvgIpc) is 3.46. The second-order valence-electron chi connectivity index (χ2n) is 14.5. The van der Waals surface area contributed by atoms with Crippen molar-refractivity contribution in [3.8, 4) is 16.9 Å². The number of carbonyl (C=O) groups excluding carboxylic acids is 4. The van der Waals surface area contributed by atoms with Crippen molar-refractivity contribution in [1.29, 1.82) is 0 Å². The van der Waals surface area contributed by atoms with Gasteiger partial charge in [0, 0.05) is 19.1 Å². The first-order valence-corrected chi connectivity index (χ1v) is 17.8. The van der Waals surface area contributed by atoms with E-state index in [1.165, 1.54) is 21.0 Å². The van der Waals surface area contributed by atoms with Crippen LogP contribution in [0.25, 0.3) is 11.1 Å². The SMILES string of the molecule is CC[C@H](C)[C@@H]([C@@H](CC(=O)Oc1c(F)c(F)c(F)c(F)c1F)OC)N(C)[C@H](C(=O)NC(=O)C(C)(C)NC(=O)OCC1c2ccccc2-c2ccccc21)C(C)C. The summed E-state index contributed by atoms with van der Waals surface area (Å²) in [5.41, 5.74) is 2.50. The Labute approximate surface area is 316 Å². The number of carbonyl (C=O) groups is 4. The second kappa shape index (κ2) is 17.7. The zero-order valence-electron chi connectivity index (χ0n) is 31.9. The van der Waals surface area contributed by atoms with Crippen molar-refractivity contribution >= 4 is 23.9 Å². The highest BCUT2D eigenvalue weighted by atomic mass is 19.2. The lowest BCUT2D eigenvalue weighted by Crippen LogP contribution is -2.61. The Bertz CT molecular complexity index is 1850. The standard InChI is InChI=1S/C40H46F5N3O7/c1-9-21(4)35(27(53-8)18-28(49)55-36-32(44)30(42)29(41)31(43)33(36)45)48(7)34(20(2)3)37(50)46-38(51)40(5,6)47-39(52)54-19-26-24-16-12-10-14-22(24)23-15-11-13-17-25(23)26/h10-17,20-21,26-27,34-35H,9,18-19H2,1-8H3,(H,47,52)(H,46,50,51)/t21-,27+,34-,35-/m0/s1. The summed E-state index contributed by atoms with van der Waals surface area (Å²) < 4.78 is 85.3. The number of likely N-dealkylation sites (N-methyl/N-ethyl adjacent to an activating group) is 1. The van der Waals surface area contributed by atoms with Crippen molar-refractivity contribution in [3.05, 3.63) is 88.7 Å². The number of benzene rings is 3. The fraction of sp³-hybridized carbons (Fsp3) is 0.450. The summed E-state index contributed by atoms with van der Waals surface area (Å²) in [5, 5.41) is 4.91. The zero-order valence-corrected chi connectivity index (χ0v) is 31.9. The third kappa shape index (κ3) is 9.16. The summed E-state index contributed by atoms with van der Waals surface area (Å²) in [7, 11) is 2.80. The van der Waals surface area contributed by atoms with Gasteiger partial charge in [0.1, 0.15) is 12.1 Å². The van der Waals surface area contributed by atoms with Crippen LogP contribution in [0.2, 0.25) is 0 Å². The largest absolute Gasteiger partial charge is 0.449 e. The molecule has 10 nitrogen and oxygen atoms in total. The molecular weight excluding hydrogens is 729 g/mol. The first-order chi connectivity index (χ1) is 25.9. The van der Waals surface area contributed by atoms with Gasteiger partial charge in [-0.3, -0.25) is 24.6 Å². The number of ether oxygens (including phenoxy) is 3. The maximum atomic E-state index is 14.3. The first kappa shape index (κ1) is 42.8. The van der Waals surface area contributed by atoms with Crippen molar-refractivity contribution < 1.29 is 55.3 Å². The fourth-order valence-electron chi connectivity index (χ4n) is 7.04. The molecule has 0 radical (unpaired) electrons. The maximum Gasteiger partial charge on any atom is 0.408 e. The number of fused-ring (bicyclic) bond motifs is 3. The van der Waals surface area contributed by atoms with Gasteiger partial charge in [0.25, 0.3) is 5.91 Å². The molecule has 0 saturated carbocycles. The van der Waals surface area contributed by atoms with Crippen molar-refractivity contribution in [2.45, 2.75) is 84.0 Å². The summed E-state index contributed by atoms with van der Waals surface area (Å²) in [6.45, 7) is 9.88. The molecule has 3 aromatic rings. The fourth-order valence-corrected chi connectivity index (χ4v) is 7.04. The van der Waals surface area contributed by atoms with Gasteiger partial charge >= 0.3 is 12.1 Å². The monoisotopic (exact) mass is 775 g/mol. The number of amides is 3. The minimum atomic E-state index is -2.41. The van der Waals surface area contributed by atoms with Gasteiger partial charge in [-0.2, -0.15) is 8.78 Å². The van der Waals surface area contributed by atoms with Gasteiger partial charge in [-0.05, 0) is 55.0 Å². The van der Waals surface area contributed by atoms with Crippen LogP contribution in [-0.4, -0.2) is 73.3 Å². The van der Waals surface area contributed by atoms with E-state index in [4.69, 9.17) is 9.47 Å². The average molecular weight is 776 g/mol. The van der Waals surface area contributed by atoms with Gasteiger partial charge in [-0.25, -0.2) is 18.0 Å². The Morgan fingerprint density at radius 2 is 1.35 bits per heavy atom. The normalized spacial score (nSPS) is 14.8. The molecule has 55 heavy (non-hydrogen) atoms. The molecule has 0 heterocycles. The molecule has 4 rings (SSSR count). The lowest BCUT2D eigenvalue weighted by molar-refractivity contribution is -0.141. The van der Waals surface area contributed by atoms with Gasteiger partial charge in [-0.15, -0.1) is 0 Å². The summed E-state index contributed by atoms with van der Waals surface area (Å²) in [6, 6.07) is 13.8. The number of nitrogens with one attached hydrogen (secondary N) is 2. The van der Waals surface area contributed by atoms with Gasteiger partial charge < -0.3 is 19.5 Å². The molecule has 4 atom stereocenters. The van der Waals surface area contributed by atoms with Crippen molar-refractivity contribution in [1.82, 2.24) is 15.5 Å². The summed E-state index contributed by atoms with van der Waals surface area (Å²) in [4.78, 5) is 54.8. The zero-order chi connectivity index (χ0) is 40.9. The Kier molecular flexibility index (Phi) is 13.8. The summed E-state index contributed by atoms with van der Waals surface area (Å²) >= 11 is 0. The topological polar surface area (TPSA) is 123 Å². The Morgan fingerprint density at radius 3 is 1.84 bits per heavy atom. The van der Waals surface area contributed by atoms with E-state index in [9.17, 15) is 41.1 Å². The molecule has 0 fully saturated rings. The number of halogens is 5. The van der Waals surface area contributed by atoms with E-state index in [1.807, 2.05) is 55.5 Å². The number of methoxy groups -OCH3 is 1. The van der Waals surface area contributed by atoms with Crippen LogP contribution in [0.15, 0.2) is 48.5 Å². The van der Waals surface area contributed by atoms with E-state index >= 15 is 0 Å². The van der Waals surface area contributed by atoms with Crippen LogP contribution < -0.4 is 15.4 Å². The molecule has 1 aliphatic carbocycles. The van der Waals surface area contributed by atoms with Crippen LogP contribution in [0.4, 0.5) is 26.7 Å². The molecule has 3 aromatic carbocycles. The van der Waals surface area contributed by atoms with Crippen molar-refractivity contribution in [2.24, 2.45) is 11.8 Å². The Morgan fingerprint density at radius 1 is 0.836 bits per heavy atom. The molecule has 298 valence electrons. The number of hydrogen-bond acceptors (Lipinski definition) is 8. The van der Waals surface area contributed by atoms with E-state index in [0.717, 1.165) is 22.3 Å². The number of rotatable bonds is 15. The molecule has 3 amide bonds. The predicted molar refractivity (Wildman–Crippen MR) is 192 cm³/mol. The molecule has 1 aliphatic rings. The van der Waals surface area contributed by atoms with E-state index < -0.39 is 94.8 Å². The van der Waals surface area contributed by atoms with Crippen LogP contribution in [0, 0.1) is 40.9 Å². The van der Waals surface area contributed by atoms with E-state index in [0.29, 0.717) is 6.42 Å². The third-order valence-electron chi connectivity index (χ3n) is 10.0. The number of hydrogen-bond donors (Lipinski definition) is 2. The smallest absolute Gasteiger partial charge is 0.408 e. The van der Waals surface area contributed by atoms with Crippen LogP contribution in [0.5, 0.6) is 5.75 Å². The van der Waals surface area contributed by atoms with Gasteiger partial charge in [0.05, 0.1) is 18.6 Å². The Hall–Kier alpha value is -4.89. The third-order valence-corrected chi connectivity index (χ3v) is 10.0. The molecular formula is C40H46F5N3O7. The van der Waals surface area contributed by atoms with Crippen LogP contribution >= 0.6 is 0 Å². The quantitative estimate of drug-likeness (QED) is 0.0556. The lowest BCUT2D eigenvalue weighted by atomic mass is 9.88. The van der Waals surface area contributed by atoms with Crippen LogP contribution in [-0.2, 0) is 23.9 Å². The Balaban J connectivity index is 1.44. The van der Waals surface area contributed by atoms with E-state index in [-0.39, 0.29) is 18.4 Å². The number of alkyl carbamates (subject to hydrolysis) is 1. The number of esters is 1. The second-order valence-corrected chi connectivity index (χ2v) is 14.5. The summed E-state index contributed by atoms with van der Waals surface area (Å²) in [5.74, 6) is -17.2. The maximum absolute atomic E-state index is 14.3.